The van der Waals surface area contributed by atoms with Crippen LogP contribution in [0, 0.1) is 0 Å². The van der Waals surface area contributed by atoms with Crippen molar-refractivity contribution in [3.63, 3.8) is 0 Å². The molecular formula is C10H15ClN2S. The van der Waals surface area contributed by atoms with Crippen molar-refractivity contribution in [3.8, 4) is 0 Å². The van der Waals surface area contributed by atoms with Crippen LogP contribution in [0.4, 0.5) is 0 Å². The lowest BCUT2D eigenvalue weighted by molar-refractivity contribution is 0.152. The molecule has 0 spiro atoms. The van der Waals surface area contributed by atoms with E-state index in [2.05, 4.69) is 10.4 Å². The standard InChI is InChI=1S/C10H15ClN2S/c11-9-6-10(14-8-9)7-12-13-4-2-1-3-5-13/h6,8,12H,1-5,7H2. The minimum atomic E-state index is 0.852. The zero-order valence-electron chi connectivity index (χ0n) is 8.13. The van der Waals surface area contributed by atoms with E-state index in [-0.39, 0.29) is 0 Å². The molecule has 14 heavy (non-hydrogen) atoms. The normalized spacial score (nSPS) is 18.6. The summed E-state index contributed by atoms with van der Waals surface area (Å²) in [6.07, 6.45) is 4.01. The van der Waals surface area contributed by atoms with E-state index in [4.69, 9.17) is 11.6 Å². The fourth-order valence-corrected chi connectivity index (χ4v) is 2.69. The summed E-state index contributed by atoms with van der Waals surface area (Å²) < 4.78 is 0. The minimum absolute atomic E-state index is 0.852. The minimum Gasteiger partial charge on any atom is -0.250 e. The highest BCUT2D eigenvalue weighted by Crippen LogP contribution is 2.19. The quantitative estimate of drug-likeness (QED) is 0.859. The fraction of sp³-hybridized carbons (Fsp3) is 0.600. The van der Waals surface area contributed by atoms with Gasteiger partial charge in [-0.15, -0.1) is 11.3 Å². The Bertz CT molecular complexity index is 281. The van der Waals surface area contributed by atoms with Gasteiger partial charge in [0.2, 0.25) is 0 Å². The van der Waals surface area contributed by atoms with E-state index in [1.807, 2.05) is 11.4 Å². The number of nitrogens with zero attached hydrogens (tertiary/aromatic N) is 1. The Morgan fingerprint density at radius 1 is 1.36 bits per heavy atom. The first kappa shape index (κ1) is 10.4. The van der Waals surface area contributed by atoms with E-state index in [1.165, 1.54) is 37.2 Å². The summed E-state index contributed by atoms with van der Waals surface area (Å²) >= 11 is 7.57. The Hall–Kier alpha value is -0.0900. The Morgan fingerprint density at radius 3 is 2.79 bits per heavy atom. The van der Waals surface area contributed by atoms with Gasteiger partial charge in [0.1, 0.15) is 0 Å². The monoisotopic (exact) mass is 230 g/mol. The number of hydrogen-bond donors (Lipinski definition) is 1. The number of nitrogens with one attached hydrogen (secondary N) is 1. The molecule has 2 nitrogen and oxygen atoms in total. The van der Waals surface area contributed by atoms with Gasteiger partial charge in [-0.05, 0) is 18.9 Å². The van der Waals surface area contributed by atoms with Gasteiger partial charge in [-0.1, -0.05) is 18.0 Å². The van der Waals surface area contributed by atoms with Crippen molar-refractivity contribution in [1.82, 2.24) is 10.4 Å². The average molecular weight is 231 g/mol. The molecule has 1 saturated heterocycles. The molecule has 2 rings (SSSR count). The lowest BCUT2D eigenvalue weighted by Gasteiger charge is -2.26. The second-order valence-electron chi connectivity index (χ2n) is 3.61. The van der Waals surface area contributed by atoms with Crippen LogP contribution in [0.25, 0.3) is 0 Å². The molecule has 1 aromatic heterocycles. The SMILES string of the molecule is Clc1csc(CNN2CCCCC2)c1. The summed E-state index contributed by atoms with van der Waals surface area (Å²) in [6, 6.07) is 2.03. The topological polar surface area (TPSA) is 15.3 Å². The summed E-state index contributed by atoms with van der Waals surface area (Å²) in [5.41, 5.74) is 3.44. The summed E-state index contributed by atoms with van der Waals surface area (Å²) in [6.45, 7) is 3.27. The van der Waals surface area contributed by atoms with Gasteiger partial charge in [-0.2, -0.15) is 0 Å². The Balaban J connectivity index is 1.76. The average Bonchev–Trinajstić information content (AvgIpc) is 2.63. The molecule has 2 heterocycles. The molecule has 0 aliphatic carbocycles. The number of hydrogen-bond acceptors (Lipinski definition) is 3. The van der Waals surface area contributed by atoms with Crippen molar-refractivity contribution in [2.75, 3.05) is 13.1 Å². The highest BCUT2D eigenvalue weighted by Gasteiger charge is 2.09. The van der Waals surface area contributed by atoms with Crippen LogP contribution in [0.15, 0.2) is 11.4 Å². The van der Waals surface area contributed by atoms with Gasteiger partial charge < -0.3 is 0 Å². The summed E-state index contributed by atoms with van der Waals surface area (Å²) in [7, 11) is 0. The van der Waals surface area contributed by atoms with Gasteiger partial charge in [-0.3, -0.25) is 0 Å². The highest BCUT2D eigenvalue weighted by molar-refractivity contribution is 7.10. The Morgan fingerprint density at radius 2 is 2.14 bits per heavy atom. The molecule has 4 heteroatoms. The van der Waals surface area contributed by atoms with Crippen molar-refractivity contribution in [1.29, 1.82) is 0 Å². The van der Waals surface area contributed by atoms with E-state index in [0.717, 1.165) is 11.6 Å². The maximum Gasteiger partial charge on any atom is 0.0516 e. The summed E-state index contributed by atoms with van der Waals surface area (Å²) in [5.74, 6) is 0. The molecule has 0 amide bonds. The highest BCUT2D eigenvalue weighted by atomic mass is 35.5. The number of hydrazine groups is 1. The first-order valence-corrected chi connectivity index (χ1v) is 6.32. The van der Waals surface area contributed by atoms with Crippen molar-refractivity contribution in [2.45, 2.75) is 25.8 Å². The van der Waals surface area contributed by atoms with Crippen molar-refractivity contribution >= 4 is 22.9 Å². The number of halogens is 1. The maximum atomic E-state index is 5.85. The van der Waals surface area contributed by atoms with Gasteiger partial charge in [0, 0.05) is 29.9 Å². The maximum absolute atomic E-state index is 5.85. The third kappa shape index (κ3) is 2.95. The van der Waals surface area contributed by atoms with Crippen LogP contribution in [0.3, 0.4) is 0 Å². The first-order valence-electron chi connectivity index (χ1n) is 5.06. The number of thiophene rings is 1. The van der Waals surface area contributed by atoms with E-state index in [9.17, 15) is 0 Å². The van der Waals surface area contributed by atoms with Crippen LogP contribution >= 0.6 is 22.9 Å². The third-order valence-electron chi connectivity index (χ3n) is 2.45. The third-order valence-corrected chi connectivity index (χ3v) is 3.74. The van der Waals surface area contributed by atoms with Gasteiger partial charge >= 0.3 is 0 Å². The second kappa shape index (κ2) is 5.12. The van der Waals surface area contributed by atoms with Gasteiger partial charge in [0.25, 0.3) is 0 Å². The predicted molar refractivity (Wildman–Crippen MR) is 61.6 cm³/mol. The molecule has 0 radical (unpaired) electrons. The van der Waals surface area contributed by atoms with Gasteiger partial charge in [0.05, 0.1) is 5.02 Å². The van der Waals surface area contributed by atoms with Crippen LogP contribution in [-0.4, -0.2) is 18.1 Å². The molecule has 0 bridgehead atoms. The second-order valence-corrected chi connectivity index (χ2v) is 5.05. The number of piperidine rings is 1. The fourth-order valence-electron chi connectivity index (χ4n) is 1.69. The Labute approximate surface area is 93.8 Å². The van der Waals surface area contributed by atoms with Crippen molar-refractivity contribution in [2.24, 2.45) is 0 Å². The molecule has 1 aliphatic heterocycles. The smallest absolute Gasteiger partial charge is 0.0516 e. The molecule has 1 aliphatic rings. The summed E-state index contributed by atoms with van der Waals surface area (Å²) in [5, 5.41) is 5.15. The molecule has 0 unspecified atom stereocenters. The van der Waals surface area contributed by atoms with Crippen LogP contribution in [0.1, 0.15) is 24.1 Å². The summed E-state index contributed by atoms with van der Waals surface area (Å²) in [4.78, 5) is 1.31. The molecule has 78 valence electrons. The zero-order chi connectivity index (χ0) is 9.80. The van der Waals surface area contributed by atoms with Crippen LogP contribution < -0.4 is 5.43 Å². The molecule has 0 atom stereocenters. The van der Waals surface area contributed by atoms with E-state index in [1.54, 1.807) is 11.3 Å². The van der Waals surface area contributed by atoms with E-state index >= 15 is 0 Å². The molecular weight excluding hydrogens is 216 g/mol. The number of rotatable bonds is 3. The molecule has 1 N–H and O–H groups in total. The van der Waals surface area contributed by atoms with Crippen molar-refractivity contribution < 1.29 is 0 Å². The Kier molecular flexibility index (Phi) is 3.81. The van der Waals surface area contributed by atoms with Crippen LogP contribution in [-0.2, 0) is 6.54 Å². The molecule has 0 aromatic carbocycles. The van der Waals surface area contributed by atoms with Gasteiger partial charge in [0.15, 0.2) is 0 Å². The molecule has 1 fully saturated rings. The largest absolute Gasteiger partial charge is 0.250 e. The van der Waals surface area contributed by atoms with Crippen LogP contribution in [0.2, 0.25) is 5.02 Å². The lowest BCUT2D eigenvalue weighted by atomic mass is 10.2. The predicted octanol–water partition coefficient (Wildman–Crippen LogP) is 2.89. The molecule has 0 saturated carbocycles. The molecule has 1 aromatic rings. The van der Waals surface area contributed by atoms with Crippen LogP contribution in [0.5, 0.6) is 0 Å². The zero-order valence-corrected chi connectivity index (χ0v) is 9.70. The van der Waals surface area contributed by atoms with Crippen molar-refractivity contribution in [3.05, 3.63) is 21.3 Å². The lowest BCUT2D eigenvalue weighted by Crippen LogP contribution is -2.40. The van der Waals surface area contributed by atoms with E-state index in [0.29, 0.717) is 0 Å². The van der Waals surface area contributed by atoms with E-state index < -0.39 is 0 Å². The van der Waals surface area contributed by atoms with Gasteiger partial charge in [-0.25, -0.2) is 10.4 Å². The first-order chi connectivity index (χ1) is 6.84.